The molecule has 1 unspecified atom stereocenters. The van der Waals surface area contributed by atoms with Crippen LogP contribution >= 0.6 is 0 Å². The van der Waals surface area contributed by atoms with Gasteiger partial charge in [0, 0.05) is 35.1 Å². The summed E-state index contributed by atoms with van der Waals surface area (Å²) in [5.74, 6) is 0.275. The molecule has 0 bridgehead atoms. The molecule has 1 saturated carbocycles. The number of aliphatic hydroxyl groups is 1. The van der Waals surface area contributed by atoms with Gasteiger partial charge in [0.15, 0.2) is 11.4 Å². The largest absolute Gasteiger partial charge is 0.508 e. The number of rotatable bonds is 5. The van der Waals surface area contributed by atoms with E-state index in [1.165, 1.54) is 29.3 Å². The molecule has 252 valence electrons. The van der Waals surface area contributed by atoms with Crippen molar-refractivity contribution in [3.63, 3.8) is 0 Å². The van der Waals surface area contributed by atoms with Gasteiger partial charge >= 0.3 is 12.2 Å². The van der Waals surface area contributed by atoms with Crippen LogP contribution in [0.3, 0.4) is 0 Å². The summed E-state index contributed by atoms with van der Waals surface area (Å²) in [7, 11) is 2.08. The average molecular weight is 668 g/mol. The third kappa shape index (κ3) is 5.26. The second-order valence-corrected chi connectivity index (χ2v) is 13.4. The Labute approximate surface area is 273 Å². The van der Waals surface area contributed by atoms with Crippen molar-refractivity contribution in [3.05, 3.63) is 47.7 Å². The maximum Gasteiger partial charge on any atom is 0.418 e. The molecule has 4 aromatic rings. The van der Waals surface area contributed by atoms with E-state index in [0.717, 1.165) is 44.7 Å². The Morgan fingerprint density at radius 3 is 2.62 bits per heavy atom. The first-order valence-electron chi connectivity index (χ1n) is 16.0. The van der Waals surface area contributed by atoms with Crippen LogP contribution in [0.5, 0.6) is 11.8 Å². The molecule has 2 aromatic carbocycles. The highest BCUT2D eigenvalue weighted by molar-refractivity contribution is 6.03. The van der Waals surface area contributed by atoms with Gasteiger partial charge in [-0.2, -0.15) is 23.1 Å². The lowest BCUT2D eigenvalue weighted by Crippen LogP contribution is -2.57. The number of anilines is 1. The Morgan fingerprint density at radius 1 is 1.08 bits per heavy atom. The Morgan fingerprint density at radius 2 is 1.85 bits per heavy atom. The van der Waals surface area contributed by atoms with Crippen molar-refractivity contribution < 1.29 is 36.9 Å². The maximum atomic E-state index is 16.8. The fraction of sp³-hybridized carbons (Fsp3) is 0.457. The Hall–Kier alpha value is -4.28. The summed E-state index contributed by atoms with van der Waals surface area (Å²) in [5, 5.41) is 21.6. The zero-order valence-electron chi connectivity index (χ0n) is 26.2. The van der Waals surface area contributed by atoms with Crippen molar-refractivity contribution in [2.75, 3.05) is 38.2 Å². The Bertz CT molecular complexity index is 1970. The number of ether oxygens (including phenoxy) is 1. The van der Waals surface area contributed by atoms with Crippen LogP contribution in [0.15, 0.2) is 30.5 Å². The van der Waals surface area contributed by atoms with E-state index >= 15 is 4.39 Å². The first kappa shape index (κ1) is 32.3. The predicted molar refractivity (Wildman–Crippen MR) is 170 cm³/mol. The van der Waals surface area contributed by atoms with Gasteiger partial charge in [-0.1, -0.05) is 18.4 Å². The van der Waals surface area contributed by atoms with Crippen molar-refractivity contribution in [2.24, 2.45) is 5.41 Å². The maximum absolute atomic E-state index is 16.8. The highest BCUT2D eigenvalue weighted by Gasteiger charge is 2.56. The Kier molecular flexibility index (Phi) is 7.87. The van der Waals surface area contributed by atoms with E-state index < -0.39 is 36.4 Å². The van der Waals surface area contributed by atoms with Crippen molar-refractivity contribution in [2.45, 2.75) is 62.8 Å². The number of benzene rings is 2. The average Bonchev–Trinajstić information content (AvgIpc) is 3.49. The first-order valence-corrected chi connectivity index (χ1v) is 16.0. The van der Waals surface area contributed by atoms with Gasteiger partial charge in [0.2, 0.25) is 0 Å². The van der Waals surface area contributed by atoms with E-state index in [0.29, 0.717) is 5.39 Å². The van der Waals surface area contributed by atoms with Crippen LogP contribution in [0.2, 0.25) is 0 Å². The molecule has 3 fully saturated rings. The summed E-state index contributed by atoms with van der Waals surface area (Å²) in [5.41, 5.74) is -3.94. The van der Waals surface area contributed by atoms with Crippen molar-refractivity contribution >= 4 is 27.5 Å². The second-order valence-electron chi connectivity index (χ2n) is 13.4. The number of β-amino-alcohol motifs (C(OH)–C–C–N with tert-alkyl or cyclic N) is 1. The molecule has 48 heavy (non-hydrogen) atoms. The molecule has 2 saturated heterocycles. The number of likely N-dealkylation sites (tertiary alicyclic amines) is 1. The molecule has 0 radical (unpaired) electrons. The summed E-state index contributed by atoms with van der Waals surface area (Å²) in [6.07, 6.45) is 6.31. The Balaban J connectivity index is 1.39. The minimum Gasteiger partial charge on any atom is -0.508 e. The zero-order valence-corrected chi connectivity index (χ0v) is 26.2. The number of phenolic OH excluding ortho intramolecular Hbond substituents is 1. The number of piperidine rings is 2. The number of phenols is 1. The van der Waals surface area contributed by atoms with Gasteiger partial charge in [-0.3, -0.25) is 4.98 Å². The summed E-state index contributed by atoms with van der Waals surface area (Å²) in [6.45, 7) is 0.480. The molecular formula is C35H34F5N5O3. The fourth-order valence-corrected chi connectivity index (χ4v) is 8.10. The number of halogens is 5. The lowest BCUT2D eigenvalue weighted by molar-refractivity contribution is -0.261. The molecule has 3 atom stereocenters. The summed E-state index contributed by atoms with van der Waals surface area (Å²) in [6, 6.07) is 5.18. The van der Waals surface area contributed by atoms with Crippen LogP contribution in [-0.4, -0.2) is 81.2 Å². The highest BCUT2D eigenvalue weighted by atomic mass is 19.4. The molecular weight excluding hydrogens is 633 g/mol. The van der Waals surface area contributed by atoms with E-state index in [-0.39, 0.29) is 81.7 Å². The second kappa shape index (κ2) is 11.7. The standard InChI is InChI=1S/C35H34F5N5O3/c1-3-22-25(36)9-8-20-15-21(46)16-23(27(20)22)29-28(37)30-24(17-41-29)31(45-14-6-12-34(47,18-45)35(38,39)40)43-32(42-30)48-19-33-10-4-7-26(33)44(2)13-5-11-33/h1,8-9,15-17,26,46-47H,4-7,10-14,18-19H2,2H3/t26-,33-,34?/m1/s1. The van der Waals surface area contributed by atoms with E-state index in [1.807, 2.05) is 0 Å². The molecule has 8 nitrogen and oxygen atoms in total. The van der Waals surface area contributed by atoms with Crippen LogP contribution in [-0.2, 0) is 0 Å². The number of alkyl halides is 3. The van der Waals surface area contributed by atoms with Gasteiger partial charge in [0.1, 0.15) is 28.6 Å². The third-order valence-corrected chi connectivity index (χ3v) is 10.5. The van der Waals surface area contributed by atoms with E-state index in [2.05, 4.69) is 32.8 Å². The quantitative estimate of drug-likeness (QED) is 0.188. The number of fused-ring (bicyclic) bond motifs is 3. The summed E-state index contributed by atoms with van der Waals surface area (Å²) >= 11 is 0. The zero-order chi connectivity index (χ0) is 34.0. The van der Waals surface area contributed by atoms with Gasteiger partial charge in [0.25, 0.3) is 0 Å². The van der Waals surface area contributed by atoms with E-state index in [4.69, 9.17) is 11.2 Å². The first-order chi connectivity index (χ1) is 22.8. The van der Waals surface area contributed by atoms with Gasteiger partial charge in [-0.25, -0.2) is 8.78 Å². The van der Waals surface area contributed by atoms with Crippen LogP contribution in [0.1, 0.15) is 50.5 Å². The summed E-state index contributed by atoms with van der Waals surface area (Å²) in [4.78, 5) is 16.8. The molecule has 0 amide bonds. The monoisotopic (exact) mass is 667 g/mol. The molecule has 2 N–H and O–H groups in total. The number of terminal acetylenes is 1. The fourth-order valence-electron chi connectivity index (χ4n) is 8.10. The number of pyridine rings is 1. The highest BCUT2D eigenvalue weighted by Crippen LogP contribution is 2.48. The lowest BCUT2D eigenvalue weighted by atomic mass is 9.76. The summed E-state index contributed by atoms with van der Waals surface area (Å²) < 4.78 is 79.8. The van der Waals surface area contributed by atoms with Crippen molar-refractivity contribution in [1.82, 2.24) is 19.9 Å². The SMILES string of the molecule is C#Cc1c(F)ccc2cc(O)cc(-c3ncc4c(N5CCCC(O)(C(F)(F)F)C5)nc(OC[C@]56CCC[C@H]5N(C)CCC6)nc4c3F)c12. The third-order valence-electron chi connectivity index (χ3n) is 10.5. The normalized spacial score (nSPS) is 25.0. The number of aromatic hydroxyl groups is 1. The number of nitrogens with zero attached hydrogens (tertiary/aromatic N) is 5. The van der Waals surface area contributed by atoms with Crippen molar-refractivity contribution in [3.8, 4) is 35.4 Å². The molecule has 2 aromatic heterocycles. The van der Waals surface area contributed by atoms with Crippen LogP contribution in [0.25, 0.3) is 32.9 Å². The van der Waals surface area contributed by atoms with Crippen LogP contribution < -0.4 is 9.64 Å². The minimum absolute atomic E-state index is 0.00146. The van der Waals surface area contributed by atoms with Gasteiger partial charge in [-0.05, 0) is 75.7 Å². The molecule has 2 aliphatic heterocycles. The molecule has 4 heterocycles. The molecule has 3 aliphatic rings. The van der Waals surface area contributed by atoms with Gasteiger partial charge in [0.05, 0.1) is 24.1 Å². The molecule has 7 rings (SSSR count). The van der Waals surface area contributed by atoms with Crippen LogP contribution in [0, 0.1) is 29.4 Å². The predicted octanol–water partition coefficient (Wildman–Crippen LogP) is 6.35. The molecule has 0 spiro atoms. The molecule has 13 heteroatoms. The number of hydrogen-bond donors (Lipinski definition) is 2. The smallest absolute Gasteiger partial charge is 0.418 e. The van der Waals surface area contributed by atoms with E-state index in [9.17, 15) is 27.8 Å². The minimum atomic E-state index is -4.91. The lowest BCUT2D eigenvalue weighted by Gasteiger charge is -2.44. The number of hydrogen-bond acceptors (Lipinski definition) is 8. The van der Waals surface area contributed by atoms with Crippen LogP contribution in [0.4, 0.5) is 27.8 Å². The van der Waals surface area contributed by atoms with Crippen molar-refractivity contribution in [1.29, 1.82) is 0 Å². The van der Waals surface area contributed by atoms with Gasteiger partial charge in [-0.15, -0.1) is 6.42 Å². The topological polar surface area (TPSA) is 94.8 Å². The molecule has 1 aliphatic carbocycles. The van der Waals surface area contributed by atoms with Gasteiger partial charge < -0.3 is 24.7 Å². The number of aromatic nitrogens is 3. The van der Waals surface area contributed by atoms with E-state index in [1.54, 1.807) is 0 Å².